The predicted molar refractivity (Wildman–Crippen MR) is 166 cm³/mol. The molecule has 0 radical (unpaired) electrons. The minimum absolute atomic E-state index is 0.0306. The molecule has 1 saturated carbocycles. The Hall–Kier alpha value is -2.75. The van der Waals surface area contributed by atoms with Crippen LogP contribution in [0.25, 0.3) is 0 Å². The number of aromatic nitrogens is 2. The Balaban J connectivity index is 1.71. The summed E-state index contributed by atoms with van der Waals surface area (Å²) in [6.07, 6.45) is 11.4. The maximum absolute atomic E-state index is 12.2. The van der Waals surface area contributed by atoms with Crippen LogP contribution in [0.4, 0.5) is 5.13 Å². The Bertz CT molecular complexity index is 1220. The third kappa shape index (κ3) is 13.9. The number of allylic oxidation sites excluding steroid dienone is 2. The fraction of sp³-hybridized carbons (Fsp3) is 0.724. The molecule has 15 heteroatoms. The van der Waals surface area contributed by atoms with Crippen molar-refractivity contribution < 1.29 is 42.5 Å². The van der Waals surface area contributed by atoms with Crippen LogP contribution in [0.15, 0.2) is 20.9 Å². The minimum Gasteiger partial charge on any atom is -0.465 e. The van der Waals surface area contributed by atoms with Gasteiger partial charge in [0.05, 0.1) is 18.8 Å². The highest BCUT2D eigenvalue weighted by atomic mass is 32.2. The second kappa shape index (κ2) is 19.6. The summed E-state index contributed by atoms with van der Waals surface area (Å²) in [5.74, 6) is -1.31. The van der Waals surface area contributed by atoms with Gasteiger partial charge >= 0.3 is 22.0 Å². The Labute approximate surface area is 263 Å². The van der Waals surface area contributed by atoms with Crippen molar-refractivity contribution in [3.05, 3.63) is 12.2 Å². The third-order valence-electron chi connectivity index (χ3n) is 7.25. The molecule has 0 unspecified atom stereocenters. The first kappa shape index (κ1) is 37.4. The average molecular weight is 659 g/mol. The van der Waals surface area contributed by atoms with Gasteiger partial charge in [0.25, 0.3) is 4.34 Å². The van der Waals surface area contributed by atoms with Crippen molar-refractivity contribution in [1.29, 1.82) is 0 Å². The number of nitrogens with one attached hydrogen (secondary N) is 1. The van der Waals surface area contributed by atoms with Gasteiger partial charge in [0.1, 0.15) is 6.10 Å². The number of aliphatic hydroxyl groups excluding tert-OH is 2. The molecular formula is C29H46N4O9S2. The molecule has 13 nitrogen and oxygen atoms in total. The molecule has 1 aromatic heterocycles. The number of nitrogens with zero attached hydrogens (tertiary/aromatic N) is 3. The van der Waals surface area contributed by atoms with E-state index in [1.807, 2.05) is 12.2 Å². The Morgan fingerprint density at radius 2 is 1.89 bits per heavy atom. The molecule has 0 aliphatic heterocycles. The van der Waals surface area contributed by atoms with Crippen LogP contribution in [-0.4, -0.2) is 77.8 Å². The van der Waals surface area contributed by atoms with Gasteiger partial charge in [0, 0.05) is 45.2 Å². The zero-order valence-corrected chi connectivity index (χ0v) is 27.4. The molecule has 1 fully saturated rings. The first-order chi connectivity index (χ1) is 20.9. The molecule has 3 N–H and O–H groups in total. The van der Waals surface area contributed by atoms with Crippen LogP contribution < -0.4 is 5.32 Å². The summed E-state index contributed by atoms with van der Waals surface area (Å²) < 4.78 is 38.1. The Morgan fingerprint density at radius 1 is 1.11 bits per heavy atom. The molecule has 0 bridgehead atoms. The summed E-state index contributed by atoms with van der Waals surface area (Å²) >= 11 is 0.680. The van der Waals surface area contributed by atoms with Crippen LogP contribution in [0.5, 0.6) is 0 Å². The lowest BCUT2D eigenvalue weighted by Gasteiger charge is -2.25. The van der Waals surface area contributed by atoms with E-state index in [9.17, 15) is 33.0 Å². The van der Waals surface area contributed by atoms with E-state index >= 15 is 0 Å². The summed E-state index contributed by atoms with van der Waals surface area (Å²) in [5, 5.41) is 30.5. The summed E-state index contributed by atoms with van der Waals surface area (Å²) in [6, 6.07) is 0. The van der Waals surface area contributed by atoms with Gasteiger partial charge in [-0.2, -0.15) is 12.8 Å². The number of carbonyl (C=O) groups excluding carboxylic acids is 3. The van der Waals surface area contributed by atoms with Crippen LogP contribution in [0, 0.1) is 11.8 Å². The van der Waals surface area contributed by atoms with Crippen LogP contribution in [-0.2, 0) is 33.9 Å². The number of unbranched alkanes of at least 4 members (excludes halogenated alkanes) is 3. The van der Waals surface area contributed by atoms with E-state index in [0.29, 0.717) is 49.9 Å². The van der Waals surface area contributed by atoms with E-state index in [-0.39, 0.29) is 52.8 Å². The number of hydrogen-bond donors (Lipinski definition) is 3. The van der Waals surface area contributed by atoms with Gasteiger partial charge in [-0.15, -0.1) is 10.2 Å². The van der Waals surface area contributed by atoms with Crippen molar-refractivity contribution in [3.8, 4) is 0 Å². The van der Waals surface area contributed by atoms with E-state index in [0.717, 1.165) is 31.9 Å². The standard InChI is InChI=1S/C29H46N4O9S2/c1-4-5-8-12-22(36)15-16-23-24(26(19-25(23)37)42-21(3)35)13-9-6-7-10-14-27(38)41-18-11-17-30-44(39,40)29-33-32-28(43-29)31-20(2)34/h6,9,17,22-26,36-37H,4-5,7-8,10-16,18-19H2,1-3H3,(H,31,32,34)/b9-6-,30-17?/t22-,23+,24+,25+,26-/m0/s1. The molecule has 0 spiro atoms. The second-order valence-electron chi connectivity index (χ2n) is 10.9. The van der Waals surface area contributed by atoms with Crippen molar-refractivity contribution in [3.63, 3.8) is 0 Å². The highest BCUT2D eigenvalue weighted by Gasteiger charge is 2.43. The zero-order valence-electron chi connectivity index (χ0n) is 25.7. The van der Waals surface area contributed by atoms with Crippen molar-refractivity contribution in [2.45, 2.75) is 120 Å². The first-order valence-electron chi connectivity index (χ1n) is 15.2. The molecule has 2 rings (SSSR count). The van der Waals surface area contributed by atoms with Crippen molar-refractivity contribution in [2.75, 3.05) is 11.9 Å². The number of amides is 1. The summed E-state index contributed by atoms with van der Waals surface area (Å²) in [5.41, 5.74) is 0. The van der Waals surface area contributed by atoms with E-state index in [2.05, 4.69) is 26.8 Å². The molecule has 1 aliphatic rings. The molecule has 248 valence electrons. The highest BCUT2D eigenvalue weighted by Crippen LogP contribution is 2.40. The van der Waals surface area contributed by atoms with Crippen LogP contribution in [0.2, 0.25) is 0 Å². The zero-order chi connectivity index (χ0) is 32.5. The lowest BCUT2D eigenvalue weighted by Crippen LogP contribution is -2.26. The molecule has 1 aliphatic carbocycles. The quantitative estimate of drug-likeness (QED) is 0.0603. The largest absolute Gasteiger partial charge is 0.465 e. The molecule has 1 heterocycles. The molecular weight excluding hydrogens is 612 g/mol. The molecule has 0 saturated heterocycles. The summed E-state index contributed by atoms with van der Waals surface area (Å²) in [6.45, 7) is 4.72. The SMILES string of the molecule is CCCCC[C@H](O)CC[C@@H]1[C@@H](C/C=C\CCCC(=O)OCCC=NS(=O)(=O)c2nnc(NC(C)=O)s2)[C@@H](OC(C)=O)C[C@H]1O. The van der Waals surface area contributed by atoms with Gasteiger partial charge in [-0.1, -0.05) is 49.7 Å². The van der Waals surface area contributed by atoms with Gasteiger partial charge in [-0.25, -0.2) is 0 Å². The highest BCUT2D eigenvalue weighted by molar-refractivity contribution is 7.92. The topological polar surface area (TPSA) is 194 Å². The first-order valence-corrected chi connectivity index (χ1v) is 17.4. The molecule has 1 amide bonds. The molecule has 5 atom stereocenters. The summed E-state index contributed by atoms with van der Waals surface area (Å²) in [4.78, 5) is 34.7. The lowest BCUT2D eigenvalue weighted by molar-refractivity contribution is -0.148. The maximum atomic E-state index is 12.2. The van der Waals surface area contributed by atoms with Crippen LogP contribution in [0.3, 0.4) is 0 Å². The van der Waals surface area contributed by atoms with E-state index < -0.39 is 34.1 Å². The fourth-order valence-electron chi connectivity index (χ4n) is 5.13. The monoisotopic (exact) mass is 658 g/mol. The Morgan fingerprint density at radius 3 is 2.59 bits per heavy atom. The van der Waals surface area contributed by atoms with E-state index in [1.54, 1.807) is 0 Å². The number of ether oxygens (including phenoxy) is 2. The average Bonchev–Trinajstić information content (AvgIpc) is 3.52. The third-order valence-corrected chi connectivity index (χ3v) is 9.71. The van der Waals surface area contributed by atoms with Gasteiger partial charge in [-0.3, -0.25) is 14.4 Å². The van der Waals surface area contributed by atoms with Gasteiger partial charge in [0.2, 0.25) is 11.0 Å². The molecule has 0 aromatic carbocycles. The van der Waals surface area contributed by atoms with Crippen molar-refractivity contribution in [2.24, 2.45) is 16.2 Å². The number of hydrogen-bond acceptors (Lipinski definition) is 12. The second-order valence-corrected chi connectivity index (χ2v) is 13.7. The number of sulfonamides is 1. The van der Waals surface area contributed by atoms with Crippen molar-refractivity contribution in [1.82, 2.24) is 10.2 Å². The number of carbonyl (C=O) groups is 3. The molecule has 1 aromatic rings. The van der Waals surface area contributed by atoms with Crippen molar-refractivity contribution >= 4 is 50.6 Å². The van der Waals surface area contributed by atoms with Gasteiger partial charge in [0.15, 0.2) is 0 Å². The van der Waals surface area contributed by atoms with Gasteiger partial charge < -0.3 is 25.0 Å². The van der Waals surface area contributed by atoms with Crippen LogP contribution >= 0.6 is 11.3 Å². The predicted octanol–water partition coefficient (Wildman–Crippen LogP) is 3.96. The number of aliphatic hydroxyl groups is 2. The Kier molecular flexibility index (Phi) is 16.7. The number of rotatable bonds is 20. The van der Waals surface area contributed by atoms with Gasteiger partial charge in [-0.05, 0) is 44.4 Å². The van der Waals surface area contributed by atoms with Crippen LogP contribution in [0.1, 0.15) is 97.8 Å². The maximum Gasteiger partial charge on any atom is 0.311 e. The lowest BCUT2D eigenvalue weighted by atomic mass is 9.85. The number of anilines is 1. The number of esters is 2. The van der Waals surface area contributed by atoms with E-state index in [4.69, 9.17) is 9.47 Å². The fourth-order valence-corrected chi connectivity index (χ4v) is 6.98. The smallest absolute Gasteiger partial charge is 0.311 e. The molecule has 44 heavy (non-hydrogen) atoms. The normalized spacial score (nSPS) is 21.1. The summed E-state index contributed by atoms with van der Waals surface area (Å²) in [7, 11) is -4.07. The van der Waals surface area contributed by atoms with E-state index in [1.165, 1.54) is 13.8 Å². The minimum atomic E-state index is -4.07.